The molecule has 0 atom stereocenters. The topological polar surface area (TPSA) is 12.5 Å². The van der Waals surface area contributed by atoms with Crippen molar-refractivity contribution in [2.24, 2.45) is 5.92 Å². The third-order valence-electron chi connectivity index (χ3n) is 4.02. The second kappa shape index (κ2) is 7.05. The fraction of sp³-hybridized carbons (Fsp3) is 0.625. The highest BCUT2D eigenvalue weighted by Gasteiger charge is 2.31. The fourth-order valence-corrected chi connectivity index (χ4v) is 2.83. The molecule has 1 saturated heterocycles. The van der Waals surface area contributed by atoms with Crippen LogP contribution in [0.3, 0.4) is 0 Å². The van der Waals surface area contributed by atoms with E-state index in [1.54, 1.807) is 12.1 Å². The van der Waals surface area contributed by atoms with Crippen molar-refractivity contribution in [3.63, 3.8) is 0 Å². The highest BCUT2D eigenvalue weighted by atomic mass is 19.4. The molecule has 1 aliphatic heterocycles. The van der Waals surface area contributed by atoms with Gasteiger partial charge in [-0.3, -0.25) is 0 Å². The van der Waals surface area contributed by atoms with E-state index >= 15 is 0 Å². The molecular weight excluding hydrogens is 279 g/mol. The van der Waals surface area contributed by atoms with E-state index in [9.17, 15) is 13.2 Å². The minimum Gasteiger partial charge on any atom is -0.406 e. The average molecular weight is 301 g/mol. The van der Waals surface area contributed by atoms with Gasteiger partial charge in [0.2, 0.25) is 0 Å². The second-order valence-electron chi connectivity index (χ2n) is 5.61. The number of piperidine rings is 1. The number of benzene rings is 1. The SMILES string of the molecule is CCCCC1CCN(c2ccc(OC(F)(F)F)cc2)CC1. The Morgan fingerprint density at radius 1 is 1.14 bits per heavy atom. The standard InChI is InChI=1S/C16H22F3NO/c1-2-3-4-13-9-11-20(12-10-13)14-5-7-15(8-6-14)21-16(17,18)19/h5-8,13H,2-4,9-12H2,1H3. The molecule has 1 aromatic carbocycles. The largest absolute Gasteiger partial charge is 0.573 e. The minimum atomic E-state index is -4.63. The van der Waals surface area contributed by atoms with Crippen molar-refractivity contribution in [3.8, 4) is 5.75 Å². The van der Waals surface area contributed by atoms with Crippen LogP contribution in [0.2, 0.25) is 0 Å². The van der Waals surface area contributed by atoms with Crippen molar-refractivity contribution < 1.29 is 17.9 Å². The van der Waals surface area contributed by atoms with E-state index in [4.69, 9.17) is 0 Å². The van der Waals surface area contributed by atoms with Gasteiger partial charge in [0, 0.05) is 18.8 Å². The number of unbranched alkanes of at least 4 members (excludes halogenated alkanes) is 1. The molecule has 0 radical (unpaired) electrons. The molecule has 1 heterocycles. The summed E-state index contributed by atoms with van der Waals surface area (Å²) in [6, 6.07) is 6.17. The van der Waals surface area contributed by atoms with Crippen LogP contribution >= 0.6 is 0 Å². The van der Waals surface area contributed by atoms with Crippen LogP contribution in [-0.4, -0.2) is 19.5 Å². The highest BCUT2D eigenvalue weighted by molar-refractivity contribution is 5.49. The molecule has 21 heavy (non-hydrogen) atoms. The molecule has 1 aliphatic rings. The van der Waals surface area contributed by atoms with Gasteiger partial charge in [0.05, 0.1) is 0 Å². The van der Waals surface area contributed by atoms with E-state index in [0.29, 0.717) is 0 Å². The van der Waals surface area contributed by atoms with E-state index in [2.05, 4.69) is 16.6 Å². The van der Waals surface area contributed by atoms with Crippen LogP contribution < -0.4 is 9.64 Å². The Labute approximate surface area is 123 Å². The van der Waals surface area contributed by atoms with Crippen LogP contribution in [0.15, 0.2) is 24.3 Å². The first-order valence-corrected chi connectivity index (χ1v) is 7.58. The molecule has 0 aliphatic carbocycles. The predicted octanol–water partition coefficient (Wildman–Crippen LogP) is 4.99. The summed E-state index contributed by atoms with van der Waals surface area (Å²) < 4.78 is 40.2. The van der Waals surface area contributed by atoms with Crippen LogP contribution in [-0.2, 0) is 0 Å². The molecule has 1 fully saturated rings. The zero-order valence-electron chi connectivity index (χ0n) is 12.3. The molecule has 0 N–H and O–H groups in total. The van der Waals surface area contributed by atoms with Gasteiger partial charge in [-0.25, -0.2) is 0 Å². The van der Waals surface area contributed by atoms with Crippen LogP contribution in [0.5, 0.6) is 5.75 Å². The molecule has 0 spiro atoms. The van der Waals surface area contributed by atoms with Crippen LogP contribution in [0, 0.1) is 5.92 Å². The van der Waals surface area contributed by atoms with Gasteiger partial charge in [-0.15, -0.1) is 13.2 Å². The molecule has 118 valence electrons. The number of nitrogens with zero attached hydrogens (tertiary/aromatic N) is 1. The van der Waals surface area contributed by atoms with E-state index in [-0.39, 0.29) is 5.75 Å². The Balaban J connectivity index is 1.86. The molecule has 0 aromatic heterocycles. The Hall–Kier alpha value is -1.39. The lowest BCUT2D eigenvalue weighted by molar-refractivity contribution is -0.274. The van der Waals surface area contributed by atoms with Crippen LogP contribution in [0.1, 0.15) is 39.0 Å². The number of anilines is 1. The molecule has 2 rings (SSSR count). The average Bonchev–Trinajstić information content (AvgIpc) is 2.45. The number of rotatable bonds is 5. The molecular formula is C16H22F3NO. The second-order valence-corrected chi connectivity index (χ2v) is 5.61. The van der Waals surface area contributed by atoms with Crippen LogP contribution in [0.4, 0.5) is 18.9 Å². The summed E-state index contributed by atoms with van der Waals surface area (Å²) in [4.78, 5) is 2.24. The molecule has 0 unspecified atom stereocenters. The first-order valence-electron chi connectivity index (χ1n) is 7.58. The van der Waals surface area contributed by atoms with Crippen molar-refractivity contribution in [2.75, 3.05) is 18.0 Å². The van der Waals surface area contributed by atoms with Gasteiger partial charge in [-0.05, 0) is 43.0 Å². The number of alkyl halides is 3. The molecule has 5 heteroatoms. The maximum absolute atomic E-state index is 12.1. The van der Waals surface area contributed by atoms with E-state index in [0.717, 1.165) is 24.7 Å². The number of hydrogen-bond donors (Lipinski definition) is 0. The first kappa shape index (κ1) is 16.0. The normalized spacial score (nSPS) is 17.0. The maximum Gasteiger partial charge on any atom is 0.573 e. The summed E-state index contributed by atoms with van der Waals surface area (Å²) in [6.07, 6.45) is 1.53. The zero-order chi connectivity index (χ0) is 15.3. The van der Waals surface area contributed by atoms with Gasteiger partial charge >= 0.3 is 6.36 Å². The van der Waals surface area contributed by atoms with Gasteiger partial charge in [0.25, 0.3) is 0 Å². The van der Waals surface area contributed by atoms with Gasteiger partial charge in [0.15, 0.2) is 0 Å². The summed E-state index contributed by atoms with van der Waals surface area (Å²) in [5, 5.41) is 0. The first-order chi connectivity index (χ1) is 9.98. The zero-order valence-corrected chi connectivity index (χ0v) is 12.3. The smallest absolute Gasteiger partial charge is 0.406 e. The van der Waals surface area contributed by atoms with E-state index < -0.39 is 6.36 Å². The minimum absolute atomic E-state index is 0.163. The summed E-state index contributed by atoms with van der Waals surface area (Å²) in [6.45, 7) is 4.17. The summed E-state index contributed by atoms with van der Waals surface area (Å²) in [7, 11) is 0. The quantitative estimate of drug-likeness (QED) is 0.759. The number of hydrogen-bond acceptors (Lipinski definition) is 2. The van der Waals surface area contributed by atoms with E-state index in [1.165, 1.54) is 44.2 Å². The van der Waals surface area contributed by atoms with Crippen molar-refractivity contribution >= 4 is 5.69 Å². The third-order valence-corrected chi connectivity index (χ3v) is 4.02. The maximum atomic E-state index is 12.1. The Bertz CT molecular complexity index is 422. The lowest BCUT2D eigenvalue weighted by Crippen LogP contribution is -2.33. The molecule has 2 nitrogen and oxygen atoms in total. The molecule has 0 bridgehead atoms. The lowest BCUT2D eigenvalue weighted by Gasteiger charge is -2.33. The lowest BCUT2D eigenvalue weighted by atomic mass is 9.91. The summed E-state index contributed by atoms with van der Waals surface area (Å²) in [5.74, 6) is 0.637. The fourth-order valence-electron chi connectivity index (χ4n) is 2.83. The molecule has 0 amide bonds. The van der Waals surface area contributed by atoms with Gasteiger partial charge in [0.1, 0.15) is 5.75 Å². The van der Waals surface area contributed by atoms with Crippen molar-refractivity contribution in [1.82, 2.24) is 0 Å². The van der Waals surface area contributed by atoms with Crippen LogP contribution in [0.25, 0.3) is 0 Å². The van der Waals surface area contributed by atoms with Gasteiger partial charge in [-0.2, -0.15) is 0 Å². The third kappa shape index (κ3) is 5.14. The Kier molecular flexibility index (Phi) is 5.37. The van der Waals surface area contributed by atoms with Crippen molar-refractivity contribution in [2.45, 2.75) is 45.4 Å². The number of ether oxygens (including phenoxy) is 1. The number of halogens is 3. The van der Waals surface area contributed by atoms with Crippen molar-refractivity contribution in [1.29, 1.82) is 0 Å². The molecule has 1 aromatic rings. The monoisotopic (exact) mass is 301 g/mol. The Morgan fingerprint density at radius 3 is 2.29 bits per heavy atom. The Morgan fingerprint density at radius 2 is 1.76 bits per heavy atom. The summed E-state index contributed by atoms with van der Waals surface area (Å²) >= 11 is 0. The molecule has 0 saturated carbocycles. The van der Waals surface area contributed by atoms with Crippen molar-refractivity contribution in [3.05, 3.63) is 24.3 Å². The van der Waals surface area contributed by atoms with E-state index in [1.807, 2.05) is 0 Å². The highest BCUT2D eigenvalue weighted by Crippen LogP contribution is 2.29. The summed E-state index contributed by atoms with van der Waals surface area (Å²) in [5.41, 5.74) is 0.971. The van der Waals surface area contributed by atoms with Gasteiger partial charge in [-0.1, -0.05) is 26.2 Å². The predicted molar refractivity (Wildman–Crippen MR) is 77.6 cm³/mol. The van der Waals surface area contributed by atoms with Gasteiger partial charge < -0.3 is 9.64 Å².